The number of alkyl halides is 3. The molecule has 0 aliphatic carbocycles. The van der Waals surface area contributed by atoms with Gasteiger partial charge >= 0.3 is 6.18 Å². The molecule has 0 aliphatic heterocycles. The maximum Gasteiger partial charge on any atom is 0.408 e. The molecule has 0 bridgehead atoms. The van der Waals surface area contributed by atoms with E-state index in [1.54, 1.807) is 18.2 Å². The third-order valence-corrected chi connectivity index (χ3v) is 2.58. The summed E-state index contributed by atoms with van der Waals surface area (Å²) >= 11 is 0. The van der Waals surface area contributed by atoms with Gasteiger partial charge in [-0.1, -0.05) is 30.3 Å². The Morgan fingerprint density at radius 2 is 1.82 bits per heavy atom. The van der Waals surface area contributed by atoms with Gasteiger partial charge in [-0.15, -0.1) is 0 Å². The third kappa shape index (κ3) is 4.02. The molecule has 0 saturated heterocycles. The number of rotatable bonds is 5. The Labute approximate surface area is 99.2 Å². The molecule has 17 heavy (non-hydrogen) atoms. The van der Waals surface area contributed by atoms with Crippen molar-refractivity contribution in [3.63, 3.8) is 0 Å². The van der Waals surface area contributed by atoms with Crippen LogP contribution in [0.1, 0.15) is 18.0 Å². The van der Waals surface area contributed by atoms with Crippen LogP contribution in [0.2, 0.25) is 0 Å². The summed E-state index contributed by atoms with van der Waals surface area (Å²) in [5.74, 6) is 0. The van der Waals surface area contributed by atoms with E-state index in [9.17, 15) is 13.2 Å². The predicted octanol–water partition coefficient (Wildman–Crippen LogP) is 2.57. The van der Waals surface area contributed by atoms with Crippen LogP contribution in [0.3, 0.4) is 0 Å². The average molecular weight is 246 g/mol. The molecule has 0 amide bonds. The molecule has 0 radical (unpaired) electrons. The van der Waals surface area contributed by atoms with Gasteiger partial charge in [-0.2, -0.15) is 13.2 Å². The molecule has 96 valence electrons. The molecule has 0 aliphatic rings. The molecule has 0 aromatic heterocycles. The van der Waals surface area contributed by atoms with Crippen LogP contribution in [0.4, 0.5) is 13.2 Å². The van der Waals surface area contributed by atoms with E-state index in [-0.39, 0.29) is 5.56 Å². The molecule has 1 atom stereocenters. The molecule has 1 unspecified atom stereocenters. The lowest BCUT2D eigenvalue weighted by atomic mass is 10.1. The molecule has 1 rings (SSSR count). The number of hydrogen-bond acceptors (Lipinski definition) is 2. The third-order valence-electron chi connectivity index (χ3n) is 2.58. The molecule has 0 heterocycles. The minimum Gasteiger partial charge on any atom is -0.330 e. The van der Waals surface area contributed by atoms with Crippen molar-refractivity contribution in [3.05, 3.63) is 35.9 Å². The number of benzene rings is 1. The van der Waals surface area contributed by atoms with Gasteiger partial charge in [-0.3, -0.25) is 4.90 Å². The Bertz CT molecular complexity index is 324. The van der Waals surface area contributed by atoms with Crippen molar-refractivity contribution in [1.82, 2.24) is 4.90 Å². The van der Waals surface area contributed by atoms with Gasteiger partial charge in [-0.05, 0) is 32.1 Å². The van der Waals surface area contributed by atoms with Crippen LogP contribution in [-0.2, 0) is 0 Å². The lowest BCUT2D eigenvalue weighted by Crippen LogP contribution is -2.37. The van der Waals surface area contributed by atoms with E-state index in [0.717, 1.165) is 0 Å². The largest absolute Gasteiger partial charge is 0.408 e. The molecular weight excluding hydrogens is 229 g/mol. The Kier molecular flexibility index (Phi) is 4.96. The molecule has 0 fully saturated rings. The van der Waals surface area contributed by atoms with Crippen molar-refractivity contribution in [2.24, 2.45) is 5.73 Å². The van der Waals surface area contributed by atoms with E-state index in [1.165, 1.54) is 24.1 Å². The van der Waals surface area contributed by atoms with Gasteiger partial charge < -0.3 is 5.73 Å². The highest BCUT2D eigenvalue weighted by molar-refractivity contribution is 5.20. The lowest BCUT2D eigenvalue weighted by Gasteiger charge is -2.30. The fraction of sp³-hybridized carbons (Fsp3) is 0.500. The lowest BCUT2D eigenvalue weighted by molar-refractivity contribution is -0.183. The van der Waals surface area contributed by atoms with Crippen LogP contribution in [0.25, 0.3) is 0 Å². The first-order valence-electron chi connectivity index (χ1n) is 5.48. The molecular formula is C12H17F3N2. The van der Waals surface area contributed by atoms with Gasteiger partial charge in [0.15, 0.2) is 0 Å². The van der Waals surface area contributed by atoms with Crippen LogP contribution >= 0.6 is 0 Å². The van der Waals surface area contributed by atoms with E-state index >= 15 is 0 Å². The van der Waals surface area contributed by atoms with Crippen molar-refractivity contribution in [3.8, 4) is 0 Å². The quantitative estimate of drug-likeness (QED) is 0.865. The average Bonchev–Trinajstić information content (AvgIpc) is 2.26. The van der Waals surface area contributed by atoms with E-state index in [4.69, 9.17) is 5.73 Å². The Morgan fingerprint density at radius 1 is 1.24 bits per heavy atom. The fourth-order valence-electron chi connectivity index (χ4n) is 1.80. The van der Waals surface area contributed by atoms with Crippen LogP contribution < -0.4 is 5.73 Å². The molecule has 0 saturated carbocycles. The molecule has 1 aromatic carbocycles. The maximum atomic E-state index is 13.0. The second-order valence-corrected chi connectivity index (χ2v) is 3.98. The maximum absolute atomic E-state index is 13.0. The van der Waals surface area contributed by atoms with E-state index in [0.29, 0.717) is 19.5 Å². The second kappa shape index (κ2) is 6.02. The molecule has 2 N–H and O–H groups in total. The summed E-state index contributed by atoms with van der Waals surface area (Å²) in [5, 5.41) is 0. The summed E-state index contributed by atoms with van der Waals surface area (Å²) in [6, 6.07) is 6.37. The number of halogens is 3. The van der Waals surface area contributed by atoms with Crippen LogP contribution in [0.5, 0.6) is 0 Å². The zero-order valence-corrected chi connectivity index (χ0v) is 9.74. The summed E-state index contributed by atoms with van der Waals surface area (Å²) in [7, 11) is 1.47. The van der Waals surface area contributed by atoms with Gasteiger partial charge in [0.05, 0.1) is 0 Å². The summed E-state index contributed by atoms with van der Waals surface area (Å²) in [6.45, 7) is 0.722. The monoisotopic (exact) mass is 246 g/mol. The Hall–Kier alpha value is -1.07. The first-order valence-corrected chi connectivity index (χ1v) is 5.48. The van der Waals surface area contributed by atoms with E-state index in [2.05, 4.69) is 0 Å². The zero-order valence-electron chi connectivity index (χ0n) is 9.74. The summed E-state index contributed by atoms with van der Waals surface area (Å²) in [5.41, 5.74) is 5.58. The minimum absolute atomic E-state index is 0.263. The van der Waals surface area contributed by atoms with Crippen molar-refractivity contribution in [2.45, 2.75) is 18.6 Å². The van der Waals surface area contributed by atoms with Crippen molar-refractivity contribution < 1.29 is 13.2 Å². The fourth-order valence-corrected chi connectivity index (χ4v) is 1.80. The van der Waals surface area contributed by atoms with Crippen molar-refractivity contribution in [2.75, 3.05) is 20.1 Å². The van der Waals surface area contributed by atoms with Crippen molar-refractivity contribution in [1.29, 1.82) is 0 Å². The summed E-state index contributed by atoms with van der Waals surface area (Å²) in [6.07, 6.45) is -3.72. The number of nitrogens with two attached hydrogens (primary N) is 1. The van der Waals surface area contributed by atoms with Crippen LogP contribution in [0, 0.1) is 0 Å². The standard InChI is InChI=1S/C12H17F3N2/c1-17(9-5-8-16)11(12(13,14)15)10-6-3-2-4-7-10/h2-4,6-7,11H,5,8-9,16H2,1H3. The van der Waals surface area contributed by atoms with Crippen LogP contribution in [-0.4, -0.2) is 31.2 Å². The molecule has 1 aromatic rings. The van der Waals surface area contributed by atoms with E-state index in [1.807, 2.05) is 0 Å². The molecule has 5 heteroatoms. The second-order valence-electron chi connectivity index (χ2n) is 3.98. The van der Waals surface area contributed by atoms with Crippen LogP contribution in [0.15, 0.2) is 30.3 Å². The van der Waals surface area contributed by atoms with Crippen molar-refractivity contribution >= 4 is 0 Å². The SMILES string of the molecule is CN(CCCN)C(c1ccccc1)C(F)(F)F. The summed E-state index contributed by atoms with van der Waals surface area (Å²) in [4.78, 5) is 1.29. The van der Waals surface area contributed by atoms with E-state index < -0.39 is 12.2 Å². The Morgan fingerprint density at radius 3 is 2.29 bits per heavy atom. The van der Waals surface area contributed by atoms with Gasteiger partial charge in [0.25, 0.3) is 0 Å². The minimum atomic E-state index is -4.27. The number of hydrogen-bond donors (Lipinski definition) is 1. The predicted molar refractivity (Wildman–Crippen MR) is 61.5 cm³/mol. The number of nitrogens with zero attached hydrogens (tertiary/aromatic N) is 1. The highest BCUT2D eigenvalue weighted by Crippen LogP contribution is 2.36. The molecule has 2 nitrogen and oxygen atoms in total. The smallest absolute Gasteiger partial charge is 0.330 e. The summed E-state index contributed by atoms with van der Waals surface area (Å²) < 4.78 is 39.0. The normalized spacial score (nSPS) is 14.0. The topological polar surface area (TPSA) is 29.3 Å². The van der Waals surface area contributed by atoms with Gasteiger partial charge in [0.2, 0.25) is 0 Å². The highest BCUT2D eigenvalue weighted by Gasteiger charge is 2.43. The molecule has 0 spiro atoms. The first kappa shape index (κ1) is 14.0. The van der Waals surface area contributed by atoms with Gasteiger partial charge in [0.1, 0.15) is 6.04 Å². The zero-order chi connectivity index (χ0) is 12.9. The van der Waals surface area contributed by atoms with Gasteiger partial charge in [-0.25, -0.2) is 0 Å². The van der Waals surface area contributed by atoms with Gasteiger partial charge in [0, 0.05) is 0 Å². The first-order chi connectivity index (χ1) is 7.96. The Balaban J connectivity index is 2.89. The highest BCUT2D eigenvalue weighted by atomic mass is 19.4.